The van der Waals surface area contributed by atoms with E-state index in [2.05, 4.69) is 20.8 Å². The molecule has 3 fully saturated rings. The molecule has 4 aliphatic rings. The number of allylic oxidation sites excluding steroid dienone is 1. The van der Waals surface area contributed by atoms with Crippen LogP contribution in [0.1, 0.15) is 72.6 Å². The zero-order valence-electron chi connectivity index (χ0n) is 16.1. The van der Waals surface area contributed by atoms with Crippen molar-refractivity contribution in [3.8, 4) is 0 Å². The second-order valence-electron chi connectivity index (χ2n) is 9.88. The lowest BCUT2D eigenvalue weighted by atomic mass is 9.46. The second-order valence-corrected chi connectivity index (χ2v) is 9.88. The van der Waals surface area contributed by atoms with Crippen LogP contribution in [0.4, 0.5) is 0 Å². The first-order valence-electron chi connectivity index (χ1n) is 10.1. The van der Waals surface area contributed by atoms with E-state index in [1.807, 2.05) is 6.08 Å². The van der Waals surface area contributed by atoms with E-state index in [0.717, 1.165) is 38.5 Å². The first-order chi connectivity index (χ1) is 11.6. The molecule has 1 N–H and O–H groups in total. The van der Waals surface area contributed by atoms with E-state index in [0.29, 0.717) is 30.0 Å². The van der Waals surface area contributed by atoms with Crippen molar-refractivity contribution in [1.82, 2.24) is 0 Å². The number of rotatable bonds is 1. The third-order valence-corrected chi connectivity index (χ3v) is 9.08. The lowest BCUT2D eigenvalue weighted by molar-refractivity contribution is -0.165. The number of fused-ring (bicyclic) bond motifs is 5. The average molecular weight is 344 g/mol. The lowest BCUT2D eigenvalue weighted by Gasteiger charge is -2.58. The molecule has 0 aromatic rings. The van der Waals surface area contributed by atoms with E-state index < -0.39 is 5.60 Å². The van der Waals surface area contributed by atoms with Crippen molar-refractivity contribution in [2.24, 2.45) is 34.5 Å². The number of Topliss-reactive ketones (excluding diaryl/α,β-unsaturated/α-hetero) is 1. The van der Waals surface area contributed by atoms with Crippen LogP contribution in [0.15, 0.2) is 11.6 Å². The highest BCUT2D eigenvalue weighted by molar-refractivity contribution is 5.91. The van der Waals surface area contributed by atoms with E-state index in [1.165, 1.54) is 5.57 Å². The molecule has 0 amide bonds. The molecule has 0 aromatic carbocycles. The summed E-state index contributed by atoms with van der Waals surface area (Å²) in [5, 5.41) is 11.4. The molecule has 4 rings (SSSR count). The molecule has 4 aliphatic carbocycles. The van der Waals surface area contributed by atoms with E-state index in [4.69, 9.17) is 0 Å². The summed E-state index contributed by atoms with van der Waals surface area (Å²) in [6.45, 7) is 8.19. The smallest absolute Gasteiger partial charge is 0.162 e. The minimum Gasteiger partial charge on any atom is -0.381 e. The second kappa shape index (κ2) is 5.28. The molecular weight excluding hydrogens is 312 g/mol. The molecule has 7 atom stereocenters. The van der Waals surface area contributed by atoms with Gasteiger partial charge in [0.05, 0.1) is 0 Å². The predicted molar refractivity (Wildman–Crippen MR) is 96.9 cm³/mol. The zero-order chi connectivity index (χ0) is 18.2. The standard InChI is InChI=1S/C22H32O3/c1-13-11-19-17-6-5-15-12-16(24)7-9-20(15,3)18(17)8-10-21(19,4)22(13,25)14(2)23/h12-13,17-19,25H,5-11H2,1-4H3/t13-,17+,18-,19-,20-,21-,22-/m0/s1. The van der Waals surface area contributed by atoms with Gasteiger partial charge in [0, 0.05) is 11.8 Å². The molecule has 0 heterocycles. The molecule has 0 aliphatic heterocycles. The summed E-state index contributed by atoms with van der Waals surface area (Å²) < 4.78 is 0. The quantitative estimate of drug-likeness (QED) is 0.779. The molecule has 3 nitrogen and oxygen atoms in total. The number of hydrogen-bond acceptors (Lipinski definition) is 3. The summed E-state index contributed by atoms with van der Waals surface area (Å²) in [5.74, 6) is 1.88. The van der Waals surface area contributed by atoms with Crippen LogP contribution in [0.5, 0.6) is 0 Å². The van der Waals surface area contributed by atoms with Crippen LogP contribution < -0.4 is 0 Å². The zero-order valence-corrected chi connectivity index (χ0v) is 16.1. The van der Waals surface area contributed by atoms with Gasteiger partial charge < -0.3 is 5.11 Å². The van der Waals surface area contributed by atoms with Gasteiger partial charge in [-0.2, -0.15) is 0 Å². The van der Waals surface area contributed by atoms with Gasteiger partial charge >= 0.3 is 0 Å². The van der Waals surface area contributed by atoms with E-state index in [1.54, 1.807) is 6.92 Å². The average Bonchev–Trinajstić information content (AvgIpc) is 2.77. The molecule has 25 heavy (non-hydrogen) atoms. The van der Waals surface area contributed by atoms with Crippen molar-refractivity contribution in [2.45, 2.75) is 78.2 Å². The van der Waals surface area contributed by atoms with Gasteiger partial charge in [-0.25, -0.2) is 0 Å². The SMILES string of the molecule is CC(=O)[C@@]1(O)[C@@H](C)C[C@H]2[C@@H]3CCC4=CC(=O)CC[C@]4(C)[C@H]3CC[C@@]21C. The highest BCUT2D eigenvalue weighted by Gasteiger charge is 2.67. The van der Waals surface area contributed by atoms with Gasteiger partial charge in [-0.3, -0.25) is 9.59 Å². The molecule has 0 radical (unpaired) electrons. The number of carbonyl (C=O) groups is 2. The summed E-state index contributed by atoms with van der Waals surface area (Å²) in [4.78, 5) is 24.3. The molecule has 0 bridgehead atoms. The third kappa shape index (κ3) is 2.02. The Kier molecular flexibility index (Phi) is 3.69. The molecule has 0 saturated heterocycles. The van der Waals surface area contributed by atoms with Crippen LogP contribution in [0.3, 0.4) is 0 Å². The predicted octanol–water partition coefficient (Wildman–Crippen LogP) is 4.08. The number of aliphatic hydroxyl groups is 1. The molecule has 138 valence electrons. The van der Waals surface area contributed by atoms with Crippen molar-refractivity contribution >= 4 is 11.6 Å². The monoisotopic (exact) mass is 344 g/mol. The minimum atomic E-state index is -1.16. The molecule has 3 heteroatoms. The van der Waals surface area contributed by atoms with E-state index in [9.17, 15) is 14.7 Å². The van der Waals surface area contributed by atoms with Gasteiger partial charge in [-0.05, 0) is 80.6 Å². The summed E-state index contributed by atoms with van der Waals surface area (Å²) in [7, 11) is 0. The van der Waals surface area contributed by atoms with Crippen LogP contribution in [-0.2, 0) is 9.59 Å². The van der Waals surface area contributed by atoms with Gasteiger partial charge in [-0.1, -0.05) is 26.3 Å². The Hall–Kier alpha value is -0.960. The largest absolute Gasteiger partial charge is 0.381 e. The van der Waals surface area contributed by atoms with E-state index >= 15 is 0 Å². The molecule has 3 saturated carbocycles. The number of carbonyl (C=O) groups excluding carboxylic acids is 2. The normalized spacial score (nSPS) is 52.0. The molecular formula is C22H32O3. The Morgan fingerprint density at radius 2 is 1.88 bits per heavy atom. The Bertz CT molecular complexity index is 664. The fraction of sp³-hybridized carbons (Fsp3) is 0.818. The summed E-state index contributed by atoms with van der Waals surface area (Å²) in [6.07, 6.45) is 8.69. The fourth-order valence-corrected chi connectivity index (χ4v) is 7.65. The van der Waals surface area contributed by atoms with Crippen molar-refractivity contribution in [3.63, 3.8) is 0 Å². The molecule has 0 unspecified atom stereocenters. The van der Waals surface area contributed by atoms with Crippen LogP contribution in [-0.4, -0.2) is 22.3 Å². The summed E-state index contributed by atoms with van der Waals surface area (Å²) in [6, 6.07) is 0. The Morgan fingerprint density at radius 1 is 1.16 bits per heavy atom. The van der Waals surface area contributed by atoms with Gasteiger partial charge in [-0.15, -0.1) is 0 Å². The highest BCUT2D eigenvalue weighted by atomic mass is 16.3. The fourth-order valence-electron chi connectivity index (χ4n) is 7.65. The summed E-state index contributed by atoms with van der Waals surface area (Å²) >= 11 is 0. The maximum Gasteiger partial charge on any atom is 0.162 e. The van der Waals surface area contributed by atoms with Crippen molar-refractivity contribution < 1.29 is 14.7 Å². The molecule has 0 spiro atoms. The Labute approximate surface area is 151 Å². The van der Waals surface area contributed by atoms with Crippen molar-refractivity contribution in [1.29, 1.82) is 0 Å². The van der Waals surface area contributed by atoms with Crippen molar-refractivity contribution in [3.05, 3.63) is 11.6 Å². The number of hydrogen-bond donors (Lipinski definition) is 1. The third-order valence-electron chi connectivity index (χ3n) is 9.08. The van der Waals surface area contributed by atoms with Gasteiger partial charge in [0.25, 0.3) is 0 Å². The first-order valence-corrected chi connectivity index (χ1v) is 10.1. The van der Waals surface area contributed by atoms with Gasteiger partial charge in [0.1, 0.15) is 5.60 Å². The number of ketones is 2. The van der Waals surface area contributed by atoms with Crippen LogP contribution in [0.2, 0.25) is 0 Å². The summed E-state index contributed by atoms with van der Waals surface area (Å²) in [5.41, 5.74) is 0.0728. The van der Waals surface area contributed by atoms with Crippen LogP contribution >= 0.6 is 0 Å². The van der Waals surface area contributed by atoms with E-state index in [-0.39, 0.29) is 22.5 Å². The lowest BCUT2D eigenvalue weighted by Crippen LogP contribution is -2.58. The van der Waals surface area contributed by atoms with Gasteiger partial charge in [0.15, 0.2) is 11.6 Å². The highest BCUT2D eigenvalue weighted by Crippen LogP contribution is 2.68. The van der Waals surface area contributed by atoms with Gasteiger partial charge in [0.2, 0.25) is 0 Å². The Balaban J connectivity index is 1.72. The Morgan fingerprint density at radius 3 is 2.56 bits per heavy atom. The van der Waals surface area contributed by atoms with Crippen LogP contribution in [0.25, 0.3) is 0 Å². The van der Waals surface area contributed by atoms with Crippen LogP contribution in [0, 0.1) is 34.5 Å². The maximum atomic E-state index is 12.4. The minimum absolute atomic E-state index is 0.0384. The first kappa shape index (κ1) is 17.5. The maximum absolute atomic E-state index is 12.4. The van der Waals surface area contributed by atoms with Crippen molar-refractivity contribution in [2.75, 3.05) is 0 Å². The molecule has 0 aromatic heterocycles. The topological polar surface area (TPSA) is 54.4 Å².